The van der Waals surface area contributed by atoms with Gasteiger partial charge in [0.2, 0.25) is 0 Å². The molecular formula is C21H14ClN3O2S. The van der Waals surface area contributed by atoms with Gasteiger partial charge in [-0.2, -0.15) is 0 Å². The molecular weight excluding hydrogens is 394 g/mol. The van der Waals surface area contributed by atoms with Crippen molar-refractivity contribution in [3.05, 3.63) is 69.8 Å². The van der Waals surface area contributed by atoms with Crippen LogP contribution in [-0.4, -0.2) is 20.4 Å². The molecule has 0 fully saturated rings. The van der Waals surface area contributed by atoms with Gasteiger partial charge >= 0.3 is 0 Å². The molecule has 138 valence electrons. The third kappa shape index (κ3) is 2.69. The number of nitrogens with zero attached hydrogens (tertiary/aromatic N) is 2. The lowest BCUT2D eigenvalue weighted by Crippen LogP contribution is -2.04. The van der Waals surface area contributed by atoms with Crippen molar-refractivity contribution < 1.29 is 9.90 Å². The second kappa shape index (κ2) is 6.22. The van der Waals surface area contributed by atoms with Crippen LogP contribution in [-0.2, 0) is 4.79 Å². The van der Waals surface area contributed by atoms with E-state index in [4.69, 9.17) is 16.6 Å². The quantitative estimate of drug-likeness (QED) is 0.353. The first-order chi connectivity index (χ1) is 13.5. The SMILES string of the molecule is Cc1cn2c(/C=C3\C(=O)Nc4ccc(O)cc43)c(-c3ccc(Cl)cc3)nc2s1. The van der Waals surface area contributed by atoms with Gasteiger partial charge in [-0.25, -0.2) is 4.98 Å². The zero-order chi connectivity index (χ0) is 19.4. The lowest BCUT2D eigenvalue weighted by molar-refractivity contribution is -0.110. The van der Waals surface area contributed by atoms with Gasteiger partial charge in [-0.1, -0.05) is 23.7 Å². The van der Waals surface area contributed by atoms with Gasteiger partial charge in [0, 0.05) is 32.9 Å². The van der Waals surface area contributed by atoms with Gasteiger partial charge < -0.3 is 10.4 Å². The fraction of sp³-hybridized carbons (Fsp3) is 0.0476. The van der Waals surface area contributed by atoms with Crippen LogP contribution < -0.4 is 5.32 Å². The molecule has 0 saturated carbocycles. The highest BCUT2D eigenvalue weighted by Gasteiger charge is 2.26. The van der Waals surface area contributed by atoms with Crippen LogP contribution >= 0.6 is 22.9 Å². The number of phenolic OH excluding ortho intramolecular Hbond substituents is 1. The van der Waals surface area contributed by atoms with E-state index in [1.165, 1.54) is 0 Å². The molecule has 2 N–H and O–H groups in total. The number of anilines is 1. The lowest BCUT2D eigenvalue weighted by Gasteiger charge is -2.03. The number of nitrogens with one attached hydrogen (secondary N) is 1. The third-order valence-electron chi connectivity index (χ3n) is 4.66. The van der Waals surface area contributed by atoms with Crippen LogP contribution in [0.15, 0.2) is 48.7 Å². The third-order valence-corrected chi connectivity index (χ3v) is 5.81. The largest absolute Gasteiger partial charge is 0.508 e. The number of hydrogen-bond acceptors (Lipinski definition) is 4. The van der Waals surface area contributed by atoms with E-state index in [1.807, 2.05) is 47.9 Å². The summed E-state index contributed by atoms with van der Waals surface area (Å²) >= 11 is 7.62. The molecule has 4 aromatic rings. The first-order valence-corrected chi connectivity index (χ1v) is 9.80. The fourth-order valence-electron chi connectivity index (χ4n) is 3.39. The Morgan fingerprint density at radius 2 is 2.00 bits per heavy atom. The number of hydrogen-bond donors (Lipinski definition) is 2. The highest BCUT2D eigenvalue weighted by molar-refractivity contribution is 7.17. The Morgan fingerprint density at radius 1 is 1.21 bits per heavy atom. The molecule has 5 nitrogen and oxygen atoms in total. The van der Waals surface area contributed by atoms with Crippen molar-refractivity contribution in [2.45, 2.75) is 6.92 Å². The van der Waals surface area contributed by atoms with Crippen molar-refractivity contribution in [2.24, 2.45) is 0 Å². The van der Waals surface area contributed by atoms with E-state index in [-0.39, 0.29) is 11.7 Å². The topological polar surface area (TPSA) is 66.6 Å². The van der Waals surface area contributed by atoms with Gasteiger partial charge in [-0.05, 0) is 43.3 Å². The summed E-state index contributed by atoms with van der Waals surface area (Å²) in [7, 11) is 0. The van der Waals surface area contributed by atoms with E-state index in [2.05, 4.69) is 5.32 Å². The minimum absolute atomic E-state index is 0.115. The Bertz CT molecular complexity index is 1290. The number of amides is 1. The van der Waals surface area contributed by atoms with E-state index >= 15 is 0 Å². The molecule has 7 heteroatoms. The number of halogens is 1. The molecule has 0 bridgehead atoms. The number of aromatic nitrogens is 2. The molecule has 0 atom stereocenters. The van der Waals surface area contributed by atoms with Crippen molar-refractivity contribution in [1.82, 2.24) is 9.38 Å². The Labute approximate surface area is 169 Å². The molecule has 28 heavy (non-hydrogen) atoms. The molecule has 3 heterocycles. The number of aryl methyl sites for hydroxylation is 1. The molecule has 2 aromatic heterocycles. The number of aromatic hydroxyl groups is 1. The maximum absolute atomic E-state index is 12.6. The zero-order valence-corrected chi connectivity index (χ0v) is 16.3. The van der Waals surface area contributed by atoms with Crippen molar-refractivity contribution >= 4 is 51.1 Å². The van der Waals surface area contributed by atoms with Crippen LogP contribution in [0.25, 0.3) is 27.9 Å². The number of thiazole rings is 1. The van der Waals surface area contributed by atoms with Crippen molar-refractivity contribution in [3.8, 4) is 17.0 Å². The number of rotatable bonds is 2. The minimum Gasteiger partial charge on any atom is -0.508 e. The second-order valence-corrected chi connectivity index (χ2v) is 8.24. The Hall–Kier alpha value is -3.09. The van der Waals surface area contributed by atoms with Gasteiger partial charge in [0.05, 0.1) is 17.0 Å². The average molecular weight is 408 g/mol. The van der Waals surface area contributed by atoms with Crippen LogP contribution in [0.3, 0.4) is 0 Å². The predicted octanol–water partition coefficient (Wildman–Crippen LogP) is 5.22. The molecule has 1 aliphatic rings. The standard InChI is InChI=1S/C21H14ClN3O2S/c1-11-10-25-18(9-16-15-8-14(26)6-7-17(15)23-20(16)27)19(24-21(25)28-11)12-2-4-13(22)5-3-12/h2-10,26H,1H3,(H,23,27)/b16-9-. The second-order valence-electron chi connectivity index (χ2n) is 6.59. The first kappa shape index (κ1) is 17.0. The molecule has 0 radical (unpaired) electrons. The van der Waals surface area contributed by atoms with Crippen molar-refractivity contribution in [1.29, 1.82) is 0 Å². The number of carbonyl (C=O) groups excluding carboxylic acids is 1. The van der Waals surface area contributed by atoms with Crippen molar-refractivity contribution in [2.75, 3.05) is 5.32 Å². The number of carbonyl (C=O) groups is 1. The molecule has 0 spiro atoms. The molecule has 1 aliphatic heterocycles. The van der Waals surface area contributed by atoms with Crippen LogP contribution in [0.4, 0.5) is 5.69 Å². The number of imidazole rings is 1. The van der Waals surface area contributed by atoms with Crippen LogP contribution in [0.2, 0.25) is 5.02 Å². The Morgan fingerprint density at radius 3 is 2.79 bits per heavy atom. The van der Waals surface area contributed by atoms with Crippen molar-refractivity contribution in [3.63, 3.8) is 0 Å². The lowest BCUT2D eigenvalue weighted by atomic mass is 10.0. The summed E-state index contributed by atoms with van der Waals surface area (Å²) in [5.74, 6) is -0.0894. The zero-order valence-electron chi connectivity index (χ0n) is 14.7. The van der Waals surface area contributed by atoms with Gasteiger partial charge in [0.15, 0.2) is 4.96 Å². The Kier molecular flexibility index (Phi) is 3.79. The van der Waals surface area contributed by atoms with E-state index in [0.29, 0.717) is 21.8 Å². The molecule has 1 amide bonds. The molecule has 0 unspecified atom stereocenters. The summed E-state index contributed by atoms with van der Waals surface area (Å²) < 4.78 is 1.99. The van der Waals surface area contributed by atoms with Crippen LogP contribution in [0.5, 0.6) is 5.75 Å². The highest BCUT2D eigenvalue weighted by atomic mass is 35.5. The monoisotopic (exact) mass is 407 g/mol. The summed E-state index contributed by atoms with van der Waals surface area (Å²) in [5.41, 5.74) is 4.35. The highest BCUT2D eigenvalue weighted by Crippen LogP contribution is 2.37. The number of phenols is 1. The molecule has 0 saturated heterocycles. The fourth-order valence-corrected chi connectivity index (χ4v) is 4.35. The normalized spacial score (nSPS) is 14.6. The molecule has 0 aliphatic carbocycles. The summed E-state index contributed by atoms with van der Waals surface area (Å²) in [6.45, 7) is 2.02. The van der Waals surface area contributed by atoms with E-state index in [0.717, 1.165) is 26.8 Å². The van der Waals surface area contributed by atoms with Gasteiger partial charge in [0.25, 0.3) is 5.91 Å². The summed E-state index contributed by atoms with van der Waals surface area (Å²) in [4.78, 5) is 19.4. The minimum atomic E-state index is -0.204. The van der Waals surface area contributed by atoms with Crippen LogP contribution in [0, 0.1) is 6.92 Å². The summed E-state index contributed by atoms with van der Waals surface area (Å²) in [6, 6.07) is 12.3. The van der Waals surface area contributed by atoms with Gasteiger partial charge in [0.1, 0.15) is 5.75 Å². The maximum atomic E-state index is 12.6. The van der Waals surface area contributed by atoms with E-state index in [9.17, 15) is 9.90 Å². The van der Waals surface area contributed by atoms with Gasteiger partial charge in [-0.15, -0.1) is 11.3 Å². The van der Waals surface area contributed by atoms with Crippen LogP contribution in [0.1, 0.15) is 16.1 Å². The maximum Gasteiger partial charge on any atom is 0.256 e. The molecule has 2 aromatic carbocycles. The predicted molar refractivity (Wildman–Crippen MR) is 113 cm³/mol. The summed E-state index contributed by atoms with van der Waals surface area (Å²) in [6.07, 6.45) is 3.84. The van der Waals surface area contributed by atoms with E-state index in [1.54, 1.807) is 29.5 Å². The number of benzene rings is 2. The Balaban J connectivity index is 1.76. The average Bonchev–Trinajstić information content (AvgIpc) is 3.28. The number of fused-ring (bicyclic) bond motifs is 2. The smallest absolute Gasteiger partial charge is 0.256 e. The van der Waals surface area contributed by atoms with E-state index < -0.39 is 0 Å². The van der Waals surface area contributed by atoms with Gasteiger partial charge in [-0.3, -0.25) is 9.20 Å². The summed E-state index contributed by atoms with van der Waals surface area (Å²) in [5, 5.41) is 13.4. The molecule has 5 rings (SSSR count). The first-order valence-electron chi connectivity index (χ1n) is 8.60.